The highest BCUT2D eigenvalue weighted by Crippen LogP contribution is 2.11. The van der Waals surface area contributed by atoms with E-state index in [1.165, 1.54) is 0 Å². The van der Waals surface area contributed by atoms with Crippen molar-refractivity contribution in [1.82, 2.24) is 0 Å². The third kappa shape index (κ3) is 3.02. The van der Waals surface area contributed by atoms with Crippen molar-refractivity contribution in [2.24, 2.45) is 5.92 Å². The summed E-state index contributed by atoms with van der Waals surface area (Å²) in [6.45, 7) is 4.23. The quantitative estimate of drug-likeness (QED) is 0.643. The van der Waals surface area contributed by atoms with E-state index in [2.05, 4.69) is 13.8 Å². The highest BCUT2D eigenvalue weighted by Gasteiger charge is 2.08. The van der Waals surface area contributed by atoms with Gasteiger partial charge >= 0.3 is 0 Å². The van der Waals surface area contributed by atoms with Gasteiger partial charge in [0.05, 0.1) is 0 Å². The lowest BCUT2D eigenvalue weighted by Gasteiger charge is -2.06. The molecule has 13 heavy (non-hydrogen) atoms. The minimum atomic E-state index is 0.259. The first kappa shape index (κ1) is 9.97. The van der Waals surface area contributed by atoms with Crippen LogP contribution in [0.25, 0.3) is 0 Å². The van der Waals surface area contributed by atoms with E-state index in [1.54, 1.807) is 0 Å². The molecule has 0 saturated heterocycles. The van der Waals surface area contributed by atoms with Crippen LogP contribution in [0, 0.1) is 5.92 Å². The fraction of sp³-hybridized carbons (Fsp3) is 0.417. The molecule has 0 spiro atoms. The van der Waals surface area contributed by atoms with Crippen molar-refractivity contribution in [3.8, 4) is 0 Å². The van der Waals surface area contributed by atoms with E-state index in [1.807, 2.05) is 30.3 Å². The minimum absolute atomic E-state index is 0.259. The summed E-state index contributed by atoms with van der Waals surface area (Å²) in [4.78, 5) is 11.6. The zero-order valence-corrected chi connectivity index (χ0v) is 8.29. The Morgan fingerprint density at radius 1 is 1.31 bits per heavy atom. The van der Waals surface area contributed by atoms with E-state index in [-0.39, 0.29) is 5.78 Å². The summed E-state index contributed by atoms with van der Waals surface area (Å²) in [6.07, 6.45) is 1.74. The third-order valence-corrected chi connectivity index (χ3v) is 2.33. The Morgan fingerprint density at radius 3 is 2.46 bits per heavy atom. The van der Waals surface area contributed by atoms with Crippen LogP contribution in [0.4, 0.5) is 0 Å². The maximum atomic E-state index is 11.6. The molecule has 0 amide bonds. The topological polar surface area (TPSA) is 17.1 Å². The molecule has 0 saturated carbocycles. The van der Waals surface area contributed by atoms with Crippen molar-refractivity contribution in [3.63, 3.8) is 0 Å². The van der Waals surface area contributed by atoms with Crippen LogP contribution >= 0.6 is 0 Å². The lowest BCUT2D eigenvalue weighted by atomic mass is 9.98. The summed E-state index contributed by atoms with van der Waals surface area (Å²) < 4.78 is 0. The van der Waals surface area contributed by atoms with Crippen LogP contribution in [0.15, 0.2) is 30.3 Å². The van der Waals surface area contributed by atoms with Crippen LogP contribution in [-0.4, -0.2) is 5.78 Å². The molecule has 0 N–H and O–H groups in total. The monoisotopic (exact) mass is 176 g/mol. The van der Waals surface area contributed by atoms with E-state index >= 15 is 0 Å². The zero-order valence-electron chi connectivity index (χ0n) is 8.29. The number of benzene rings is 1. The number of ketones is 1. The number of Topliss-reactive ketones (excluding diaryl/α,β-unsaturated/α-hetero) is 1. The standard InChI is InChI=1S/C12H16O/c1-3-10(2)9-12(13)11-7-5-4-6-8-11/h4-8,10H,3,9H2,1-2H3/t10-/m0/s1. The van der Waals surface area contributed by atoms with Gasteiger partial charge in [-0.2, -0.15) is 0 Å². The largest absolute Gasteiger partial charge is 0.294 e. The maximum Gasteiger partial charge on any atom is 0.163 e. The molecule has 1 atom stereocenters. The third-order valence-electron chi connectivity index (χ3n) is 2.33. The van der Waals surface area contributed by atoms with Crippen LogP contribution in [0.5, 0.6) is 0 Å². The van der Waals surface area contributed by atoms with Gasteiger partial charge in [-0.05, 0) is 5.92 Å². The fourth-order valence-electron chi connectivity index (χ4n) is 1.20. The molecule has 0 fully saturated rings. The summed E-state index contributed by atoms with van der Waals surface area (Å²) in [5, 5.41) is 0. The molecule has 1 heteroatoms. The second kappa shape index (κ2) is 4.80. The van der Waals surface area contributed by atoms with Crippen LogP contribution in [0.2, 0.25) is 0 Å². The zero-order chi connectivity index (χ0) is 9.68. The Balaban J connectivity index is 2.59. The number of rotatable bonds is 4. The van der Waals surface area contributed by atoms with Crippen LogP contribution < -0.4 is 0 Å². The highest BCUT2D eigenvalue weighted by atomic mass is 16.1. The molecule has 0 bridgehead atoms. The number of hydrogen-bond acceptors (Lipinski definition) is 1. The molecule has 1 aromatic rings. The smallest absolute Gasteiger partial charge is 0.163 e. The van der Waals surface area contributed by atoms with E-state index in [4.69, 9.17) is 0 Å². The molecule has 1 aromatic carbocycles. The van der Waals surface area contributed by atoms with Gasteiger partial charge in [0.1, 0.15) is 0 Å². The predicted octanol–water partition coefficient (Wildman–Crippen LogP) is 3.31. The number of hydrogen-bond donors (Lipinski definition) is 0. The van der Waals surface area contributed by atoms with Crippen molar-refractivity contribution in [2.45, 2.75) is 26.7 Å². The molecular formula is C12H16O. The molecule has 0 aliphatic carbocycles. The first-order valence-electron chi connectivity index (χ1n) is 4.82. The molecule has 0 radical (unpaired) electrons. The van der Waals surface area contributed by atoms with Gasteiger partial charge in [-0.3, -0.25) is 4.79 Å². The van der Waals surface area contributed by atoms with Crippen LogP contribution in [-0.2, 0) is 0 Å². The summed E-state index contributed by atoms with van der Waals surface area (Å²) in [6, 6.07) is 9.50. The Kier molecular flexibility index (Phi) is 3.69. The average Bonchev–Trinajstić information content (AvgIpc) is 2.19. The first-order chi connectivity index (χ1) is 6.24. The summed E-state index contributed by atoms with van der Waals surface area (Å²) in [5.41, 5.74) is 0.836. The van der Waals surface area contributed by atoms with Crippen molar-refractivity contribution < 1.29 is 4.79 Å². The number of carbonyl (C=O) groups is 1. The van der Waals surface area contributed by atoms with E-state index in [0.29, 0.717) is 12.3 Å². The Morgan fingerprint density at radius 2 is 1.92 bits per heavy atom. The SMILES string of the molecule is CC[C@H](C)CC(=O)c1ccccc1. The lowest BCUT2D eigenvalue weighted by Crippen LogP contribution is -2.04. The van der Waals surface area contributed by atoms with Gasteiger partial charge in [0.25, 0.3) is 0 Å². The van der Waals surface area contributed by atoms with E-state index < -0.39 is 0 Å². The average molecular weight is 176 g/mol. The minimum Gasteiger partial charge on any atom is -0.294 e. The van der Waals surface area contributed by atoms with E-state index in [0.717, 1.165) is 12.0 Å². The maximum absolute atomic E-state index is 11.6. The van der Waals surface area contributed by atoms with Gasteiger partial charge in [0, 0.05) is 12.0 Å². The van der Waals surface area contributed by atoms with Crippen LogP contribution in [0.3, 0.4) is 0 Å². The first-order valence-corrected chi connectivity index (χ1v) is 4.82. The van der Waals surface area contributed by atoms with Gasteiger partial charge < -0.3 is 0 Å². The Hall–Kier alpha value is -1.11. The van der Waals surface area contributed by atoms with Gasteiger partial charge in [-0.1, -0.05) is 50.6 Å². The van der Waals surface area contributed by atoms with Crippen LogP contribution in [0.1, 0.15) is 37.0 Å². The highest BCUT2D eigenvalue weighted by molar-refractivity contribution is 5.96. The molecule has 70 valence electrons. The molecule has 1 nitrogen and oxygen atoms in total. The molecule has 0 heterocycles. The lowest BCUT2D eigenvalue weighted by molar-refractivity contribution is 0.0963. The molecule has 1 rings (SSSR count). The van der Waals surface area contributed by atoms with Crippen molar-refractivity contribution in [1.29, 1.82) is 0 Å². The van der Waals surface area contributed by atoms with Crippen molar-refractivity contribution >= 4 is 5.78 Å². The molecular weight excluding hydrogens is 160 g/mol. The normalized spacial score (nSPS) is 12.5. The Labute approximate surface area is 79.8 Å². The summed E-state index contributed by atoms with van der Waals surface area (Å²) in [7, 11) is 0. The number of carbonyl (C=O) groups excluding carboxylic acids is 1. The molecule has 0 aliphatic heterocycles. The summed E-state index contributed by atoms with van der Waals surface area (Å²) in [5.74, 6) is 0.752. The molecule has 0 aromatic heterocycles. The van der Waals surface area contributed by atoms with Gasteiger partial charge in [-0.15, -0.1) is 0 Å². The second-order valence-electron chi connectivity index (χ2n) is 3.51. The van der Waals surface area contributed by atoms with Gasteiger partial charge in [-0.25, -0.2) is 0 Å². The molecule has 0 aliphatic rings. The van der Waals surface area contributed by atoms with Gasteiger partial charge in [0.15, 0.2) is 5.78 Å². The van der Waals surface area contributed by atoms with Gasteiger partial charge in [0.2, 0.25) is 0 Å². The van der Waals surface area contributed by atoms with E-state index in [9.17, 15) is 4.79 Å². The predicted molar refractivity (Wildman–Crippen MR) is 54.8 cm³/mol. The fourth-order valence-corrected chi connectivity index (χ4v) is 1.20. The van der Waals surface area contributed by atoms with Crippen molar-refractivity contribution in [3.05, 3.63) is 35.9 Å². The second-order valence-corrected chi connectivity index (χ2v) is 3.51. The summed E-state index contributed by atoms with van der Waals surface area (Å²) >= 11 is 0. The van der Waals surface area contributed by atoms with Crippen molar-refractivity contribution in [2.75, 3.05) is 0 Å². The molecule has 0 unspecified atom stereocenters. The Bertz CT molecular complexity index is 264.